The van der Waals surface area contributed by atoms with Gasteiger partial charge in [-0.2, -0.15) is 0 Å². The van der Waals surface area contributed by atoms with Crippen molar-refractivity contribution in [3.63, 3.8) is 0 Å². The minimum atomic E-state index is -0.132. The molecule has 0 aliphatic heterocycles. The zero-order valence-electron chi connectivity index (χ0n) is 7.27. The van der Waals surface area contributed by atoms with Gasteiger partial charge in [-0.3, -0.25) is 4.98 Å². The van der Waals surface area contributed by atoms with E-state index in [1.165, 1.54) is 0 Å². The summed E-state index contributed by atoms with van der Waals surface area (Å²) in [6.45, 7) is 2.51. The molecular weight excluding hydrogens is 188 g/mol. The summed E-state index contributed by atoms with van der Waals surface area (Å²) in [5.74, 6) is 0.185. The number of oxime groups is 1. The zero-order chi connectivity index (χ0) is 9.68. The Morgan fingerprint density at radius 2 is 2.69 bits per heavy atom. The van der Waals surface area contributed by atoms with Crippen molar-refractivity contribution in [3.8, 4) is 0 Å². The Balaban J connectivity index is 2.35. The van der Waals surface area contributed by atoms with Gasteiger partial charge in [0.2, 0.25) is 0 Å². The number of hydrogen-bond donors (Lipinski definition) is 3. The fourth-order valence-electron chi connectivity index (χ4n) is 0.774. The van der Waals surface area contributed by atoms with Crippen LogP contribution in [-0.2, 0) is 6.54 Å². The summed E-state index contributed by atoms with van der Waals surface area (Å²) in [5.41, 5.74) is 7.15. The van der Waals surface area contributed by atoms with Gasteiger partial charge in [0.1, 0.15) is 0 Å². The molecule has 0 radical (unpaired) electrons. The van der Waals surface area contributed by atoms with Crippen LogP contribution in [-0.4, -0.2) is 22.1 Å². The Bertz CT molecular complexity index is 272. The number of thiazole rings is 1. The highest BCUT2D eigenvalue weighted by atomic mass is 32.1. The van der Waals surface area contributed by atoms with Crippen LogP contribution in [0.5, 0.6) is 0 Å². The summed E-state index contributed by atoms with van der Waals surface area (Å²) in [6, 6.07) is -0.132. The van der Waals surface area contributed by atoms with Gasteiger partial charge in [0, 0.05) is 17.6 Å². The average Bonchev–Trinajstić information content (AvgIpc) is 2.65. The highest BCUT2D eigenvalue weighted by Gasteiger charge is 2.06. The Morgan fingerprint density at radius 1 is 1.92 bits per heavy atom. The molecule has 13 heavy (non-hydrogen) atoms. The van der Waals surface area contributed by atoms with Crippen molar-refractivity contribution in [2.75, 3.05) is 0 Å². The van der Waals surface area contributed by atoms with E-state index in [2.05, 4.69) is 15.5 Å². The van der Waals surface area contributed by atoms with Gasteiger partial charge in [-0.05, 0) is 6.92 Å². The van der Waals surface area contributed by atoms with E-state index in [0.29, 0.717) is 6.54 Å². The monoisotopic (exact) mass is 200 g/mol. The Hall–Kier alpha value is -1.14. The number of hydrogen-bond acceptors (Lipinski definition) is 5. The first kappa shape index (κ1) is 9.94. The molecule has 0 aliphatic rings. The minimum Gasteiger partial charge on any atom is -0.409 e. The van der Waals surface area contributed by atoms with Crippen molar-refractivity contribution >= 4 is 17.2 Å². The van der Waals surface area contributed by atoms with Crippen LogP contribution >= 0.6 is 11.3 Å². The summed E-state index contributed by atoms with van der Waals surface area (Å²) < 4.78 is 0. The smallest absolute Gasteiger partial charge is 0.156 e. The SMILES string of the molecule is CC(NCc1cncs1)C(N)=NO. The summed E-state index contributed by atoms with van der Waals surface area (Å²) in [7, 11) is 0. The van der Waals surface area contributed by atoms with E-state index in [0.717, 1.165) is 4.88 Å². The normalized spacial score (nSPS) is 14.4. The van der Waals surface area contributed by atoms with E-state index >= 15 is 0 Å². The van der Waals surface area contributed by atoms with Gasteiger partial charge in [0.25, 0.3) is 0 Å². The Labute approximate surface area is 80.3 Å². The molecule has 0 aliphatic carbocycles. The minimum absolute atomic E-state index is 0.132. The third kappa shape index (κ3) is 3.00. The molecular formula is C7H12N4OS. The average molecular weight is 200 g/mol. The number of nitrogens with zero attached hydrogens (tertiary/aromatic N) is 2. The Morgan fingerprint density at radius 3 is 3.23 bits per heavy atom. The molecule has 1 aromatic heterocycles. The maximum absolute atomic E-state index is 8.38. The predicted molar refractivity (Wildman–Crippen MR) is 51.8 cm³/mol. The van der Waals surface area contributed by atoms with Crippen LogP contribution in [0, 0.1) is 0 Å². The second-order valence-corrected chi connectivity index (χ2v) is 3.57. The molecule has 0 aromatic carbocycles. The van der Waals surface area contributed by atoms with Crippen molar-refractivity contribution in [3.05, 3.63) is 16.6 Å². The number of nitrogens with two attached hydrogens (primary N) is 1. The second kappa shape index (κ2) is 4.78. The second-order valence-electron chi connectivity index (χ2n) is 2.60. The predicted octanol–water partition coefficient (Wildman–Crippen LogP) is 0.368. The largest absolute Gasteiger partial charge is 0.409 e. The molecule has 1 heterocycles. The van der Waals surface area contributed by atoms with Crippen molar-refractivity contribution in [1.82, 2.24) is 10.3 Å². The molecule has 0 fully saturated rings. The molecule has 6 heteroatoms. The molecule has 1 aromatic rings. The zero-order valence-corrected chi connectivity index (χ0v) is 8.08. The summed E-state index contributed by atoms with van der Waals surface area (Å²) in [4.78, 5) is 5.06. The van der Waals surface area contributed by atoms with Gasteiger partial charge in [-0.25, -0.2) is 0 Å². The van der Waals surface area contributed by atoms with E-state index in [4.69, 9.17) is 10.9 Å². The molecule has 72 valence electrons. The molecule has 1 unspecified atom stereocenters. The summed E-state index contributed by atoms with van der Waals surface area (Å²) in [5, 5.41) is 14.4. The standard InChI is InChI=1S/C7H12N4OS/c1-5(7(8)11-12)10-3-6-2-9-4-13-6/h2,4-5,10,12H,3H2,1H3,(H2,8,11). The lowest BCUT2D eigenvalue weighted by molar-refractivity contribution is 0.315. The molecule has 1 atom stereocenters. The van der Waals surface area contributed by atoms with Crippen molar-refractivity contribution in [2.45, 2.75) is 19.5 Å². The third-order valence-electron chi connectivity index (χ3n) is 1.63. The molecule has 0 amide bonds. The van der Waals surface area contributed by atoms with E-state index in [-0.39, 0.29) is 11.9 Å². The highest BCUT2D eigenvalue weighted by molar-refractivity contribution is 7.09. The first-order chi connectivity index (χ1) is 6.24. The lowest BCUT2D eigenvalue weighted by Crippen LogP contribution is -2.38. The molecule has 0 saturated heterocycles. The molecule has 1 rings (SSSR count). The van der Waals surface area contributed by atoms with Crippen LogP contribution < -0.4 is 11.1 Å². The maximum Gasteiger partial charge on any atom is 0.156 e. The topological polar surface area (TPSA) is 83.5 Å². The number of aromatic nitrogens is 1. The number of nitrogens with one attached hydrogen (secondary N) is 1. The van der Waals surface area contributed by atoms with Crippen LogP contribution in [0.15, 0.2) is 16.9 Å². The van der Waals surface area contributed by atoms with Gasteiger partial charge >= 0.3 is 0 Å². The maximum atomic E-state index is 8.38. The molecule has 4 N–H and O–H groups in total. The lowest BCUT2D eigenvalue weighted by Gasteiger charge is -2.10. The number of amidine groups is 1. The number of rotatable bonds is 4. The van der Waals surface area contributed by atoms with Gasteiger partial charge in [-0.1, -0.05) is 5.16 Å². The third-order valence-corrected chi connectivity index (χ3v) is 2.40. The molecule has 0 bridgehead atoms. The van der Waals surface area contributed by atoms with Crippen LogP contribution in [0.2, 0.25) is 0 Å². The van der Waals surface area contributed by atoms with Crippen LogP contribution in [0.4, 0.5) is 0 Å². The van der Waals surface area contributed by atoms with Crippen LogP contribution in [0.1, 0.15) is 11.8 Å². The van der Waals surface area contributed by atoms with Gasteiger partial charge in [0.15, 0.2) is 5.84 Å². The highest BCUT2D eigenvalue weighted by Crippen LogP contribution is 2.04. The van der Waals surface area contributed by atoms with Crippen molar-refractivity contribution in [2.24, 2.45) is 10.9 Å². The summed E-state index contributed by atoms with van der Waals surface area (Å²) >= 11 is 1.57. The van der Waals surface area contributed by atoms with Gasteiger partial charge in [0.05, 0.1) is 11.6 Å². The van der Waals surface area contributed by atoms with Crippen LogP contribution in [0.25, 0.3) is 0 Å². The molecule has 0 saturated carbocycles. The van der Waals surface area contributed by atoms with E-state index < -0.39 is 0 Å². The fourth-order valence-corrected chi connectivity index (χ4v) is 1.32. The van der Waals surface area contributed by atoms with Crippen LogP contribution in [0.3, 0.4) is 0 Å². The first-order valence-corrected chi connectivity index (χ1v) is 4.70. The lowest BCUT2D eigenvalue weighted by atomic mass is 10.3. The fraction of sp³-hybridized carbons (Fsp3) is 0.429. The van der Waals surface area contributed by atoms with E-state index in [1.807, 2.05) is 6.92 Å². The van der Waals surface area contributed by atoms with Crippen molar-refractivity contribution in [1.29, 1.82) is 0 Å². The molecule has 5 nitrogen and oxygen atoms in total. The molecule has 0 spiro atoms. The van der Waals surface area contributed by atoms with E-state index in [9.17, 15) is 0 Å². The van der Waals surface area contributed by atoms with Gasteiger partial charge < -0.3 is 16.3 Å². The Kier molecular flexibility index (Phi) is 3.66. The van der Waals surface area contributed by atoms with E-state index in [1.54, 1.807) is 23.0 Å². The quantitative estimate of drug-likeness (QED) is 0.284. The van der Waals surface area contributed by atoms with Gasteiger partial charge in [-0.15, -0.1) is 11.3 Å². The summed E-state index contributed by atoms with van der Waals surface area (Å²) in [6.07, 6.45) is 1.79. The van der Waals surface area contributed by atoms with Crippen molar-refractivity contribution < 1.29 is 5.21 Å². The first-order valence-electron chi connectivity index (χ1n) is 3.82.